The molecule has 1 N–H and O–H groups in total. The van der Waals surface area contributed by atoms with Gasteiger partial charge >= 0.3 is 0 Å². The molecule has 0 aromatic heterocycles. The van der Waals surface area contributed by atoms with Crippen molar-refractivity contribution in [1.82, 2.24) is 4.90 Å². The molecule has 19 heavy (non-hydrogen) atoms. The van der Waals surface area contributed by atoms with Gasteiger partial charge in [0.2, 0.25) is 0 Å². The van der Waals surface area contributed by atoms with Crippen LogP contribution in [0.1, 0.15) is 19.3 Å². The van der Waals surface area contributed by atoms with Gasteiger partial charge in [-0.05, 0) is 45.5 Å². The molecule has 5 nitrogen and oxygen atoms in total. The molecule has 104 valence electrons. The first kappa shape index (κ1) is 13.7. The molecular weight excluding hydrogens is 249 g/mol. The van der Waals surface area contributed by atoms with Gasteiger partial charge in [-0.25, -0.2) is 4.39 Å². The number of nitro benzene ring substituents is 1. The highest BCUT2D eigenvalue weighted by Gasteiger charge is 2.22. The lowest BCUT2D eigenvalue weighted by Gasteiger charge is -2.18. The van der Waals surface area contributed by atoms with E-state index in [9.17, 15) is 14.5 Å². The third-order valence-electron chi connectivity index (χ3n) is 3.49. The van der Waals surface area contributed by atoms with Crippen molar-refractivity contribution in [2.45, 2.75) is 25.3 Å². The number of rotatable bonds is 3. The summed E-state index contributed by atoms with van der Waals surface area (Å²) in [6.45, 7) is 1.93. The maximum atomic E-state index is 13.8. The first-order valence-corrected chi connectivity index (χ1v) is 6.46. The van der Waals surface area contributed by atoms with Gasteiger partial charge in [0.05, 0.1) is 4.92 Å². The fourth-order valence-corrected chi connectivity index (χ4v) is 2.40. The Balaban J connectivity index is 2.16. The zero-order valence-electron chi connectivity index (χ0n) is 10.9. The Morgan fingerprint density at radius 3 is 2.95 bits per heavy atom. The second kappa shape index (κ2) is 5.97. The van der Waals surface area contributed by atoms with Gasteiger partial charge in [-0.2, -0.15) is 0 Å². The SMILES string of the molecule is CN1CCCC(Nc2c(F)cccc2[N+](=O)[O-])CC1. The third-order valence-corrected chi connectivity index (χ3v) is 3.49. The maximum Gasteiger partial charge on any atom is 0.295 e. The van der Waals surface area contributed by atoms with Crippen molar-refractivity contribution in [1.29, 1.82) is 0 Å². The lowest BCUT2D eigenvalue weighted by atomic mass is 10.1. The van der Waals surface area contributed by atoms with E-state index in [1.165, 1.54) is 18.2 Å². The van der Waals surface area contributed by atoms with E-state index in [-0.39, 0.29) is 17.4 Å². The van der Waals surface area contributed by atoms with Crippen LogP contribution in [-0.4, -0.2) is 36.0 Å². The number of hydrogen-bond donors (Lipinski definition) is 1. The normalized spacial score (nSPS) is 20.8. The number of nitrogens with zero attached hydrogens (tertiary/aromatic N) is 2. The van der Waals surface area contributed by atoms with Crippen LogP contribution in [0.15, 0.2) is 18.2 Å². The number of benzene rings is 1. The molecule has 1 saturated heterocycles. The van der Waals surface area contributed by atoms with E-state index in [1.807, 2.05) is 7.05 Å². The van der Waals surface area contributed by atoms with Gasteiger partial charge in [0.15, 0.2) is 5.82 Å². The Morgan fingerprint density at radius 2 is 2.21 bits per heavy atom. The van der Waals surface area contributed by atoms with Crippen molar-refractivity contribution >= 4 is 11.4 Å². The van der Waals surface area contributed by atoms with Gasteiger partial charge in [-0.15, -0.1) is 0 Å². The quantitative estimate of drug-likeness (QED) is 0.675. The molecule has 0 radical (unpaired) electrons. The lowest BCUT2D eigenvalue weighted by molar-refractivity contribution is -0.384. The van der Waals surface area contributed by atoms with E-state index in [0.29, 0.717) is 0 Å². The molecule has 1 aromatic rings. The molecule has 1 aliphatic heterocycles. The Kier molecular flexibility index (Phi) is 4.31. The van der Waals surface area contributed by atoms with Crippen molar-refractivity contribution in [3.63, 3.8) is 0 Å². The third kappa shape index (κ3) is 3.41. The van der Waals surface area contributed by atoms with E-state index in [0.717, 1.165) is 32.4 Å². The summed E-state index contributed by atoms with van der Waals surface area (Å²) < 4.78 is 13.8. The minimum atomic E-state index is -0.563. The van der Waals surface area contributed by atoms with Crippen molar-refractivity contribution in [3.05, 3.63) is 34.1 Å². The average molecular weight is 267 g/mol. The first-order chi connectivity index (χ1) is 9.08. The fraction of sp³-hybridized carbons (Fsp3) is 0.538. The summed E-state index contributed by atoms with van der Waals surface area (Å²) in [5.74, 6) is -0.563. The fourth-order valence-electron chi connectivity index (χ4n) is 2.40. The van der Waals surface area contributed by atoms with Crippen LogP contribution >= 0.6 is 0 Å². The van der Waals surface area contributed by atoms with Gasteiger partial charge in [-0.3, -0.25) is 10.1 Å². The standard InChI is InChI=1S/C13H18FN3O2/c1-16-8-3-4-10(7-9-16)15-13-11(14)5-2-6-12(13)17(18)19/h2,5-6,10,15H,3-4,7-9H2,1H3. The molecule has 0 saturated carbocycles. The minimum absolute atomic E-state index is 0.0158. The predicted octanol–water partition coefficient (Wildman–Crippen LogP) is 2.63. The molecule has 1 fully saturated rings. The van der Waals surface area contributed by atoms with E-state index < -0.39 is 10.7 Å². The van der Waals surface area contributed by atoms with Crippen LogP contribution in [0.25, 0.3) is 0 Å². The molecular formula is C13H18FN3O2. The van der Waals surface area contributed by atoms with E-state index in [4.69, 9.17) is 0 Å². The predicted molar refractivity (Wildman–Crippen MR) is 71.8 cm³/mol. The Bertz CT molecular complexity index is 467. The van der Waals surface area contributed by atoms with E-state index in [2.05, 4.69) is 10.2 Å². The molecule has 0 bridgehead atoms. The number of nitro groups is 1. The number of likely N-dealkylation sites (tertiary alicyclic amines) is 1. The van der Waals surface area contributed by atoms with Crippen LogP contribution in [0.2, 0.25) is 0 Å². The van der Waals surface area contributed by atoms with E-state index >= 15 is 0 Å². The molecule has 1 heterocycles. The summed E-state index contributed by atoms with van der Waals surface area (Å²) in [7, 11) is 2.05. The van der Waals surface area contributed by atoms with Crippen molar-refractivity contribution in [2.75, 3.05) is 25.5 Å². The van der Waals surface area contributed by atoms with Gasteiger partial charge in [0.25, 0.3) is 5.69 Å². The van der Waals surface area contributed by atoms with Crippen LogP contribution in [0.5, 0.6) is 0 Å². The summed E-state index contributed by atoms with van der Waals surface area (Å²) in [5.41, 5.74) is -0.181. The van der Waals surface area contributed by atoms with Crippen molar-refractivity contribution in [2.24, 2.45) is 0 Å². The van der Waals surface area contributed by atoms with Crippen LogP contribution in [0, 0.1) is 15.9 Å². The minimum Gasteiger partial charge on any atom is -0.374 e. The monoisotopic (exact) mass is 267 g/mol. The molecule has 1 atom stereocenters. The highest BCUT2D eigenvalue weighted by atomic mass is 19.1. The Labute approximate surface area is 111 Å². The highest BCUT2D eigenvalue weighted by molar-refractivity contribution is 5.62. The highest BCUT2D eigenvalue weighted by Crippen LogP contribution is 2.29. The Morgan fingerprint density at radius 1 is 1.42 bits per heavy atom. The van der Waals surface area contributed by atoms with Crippen molar-refractivity contribution in [3.8, 4) is 0 Å². The summed E-state index contributed by atoms with van der Waals surface area (Å²) in [4.78, 5) is 12.6. The topological polar surface area (TPSA) is 58.4 Å². The molecule has 0 spiro atoms. The van der Waals surface area contributed by atoms with Crippen LogP contribution in [-0.2, 0) is 0 Å². The maximum absolute atomic E-state index is 13.8. The molecule has 1 aliphatic rings. The summed E-state index contributed by atoms with van der Waals surface area (Å²) >= 11 is 0. The largest absolute Gasteiger partial charge is 0.374 e. The number of para-hydroxylation sites is 1. The van der Waals surface area contributed by atoms with Crippen molar-refractivity contribution < 1.29 is 9.31 Å². The summed E-state index contributed by atoms with van der Waals surface area (Å²) in [6.07, 6.45) is 2.77. The van der Waals surface area contributed by atoms with Gasteiger partial charge in [-0.1, -0.05) is 6.07 Å². The summed E-state index contributed by atoms with van der Waals surface area (Å²) in [6, 6.07) is 4.02. The lowest BCUT2D eigenvalue weighted by Crippen LogP contribution is -2.23. The molecule has 2 rings (SSSR count). The zero-order valence-corrected chi connectivity index (χ0v) is 10.9. The van der Waals surface area contributed by atoms with Gasteiger partial charge in [0.1, 0.15) is 5.69 Å². The number of hydrogen-bond acceptors (Lipinski definition) is 4. The molecule has 1 aromatic carbocycles. The number of anilines is 1. The Hall–Kier alpha value is -1.69. The second-order valence-electron chi connectivity index (χ2n) is 4.97. The number of halogens is 1. The molecule has 6 heteroatoms. The number of nitrogens with one attached hydrogen (secondary N) is 1. The first-order valence-electron chi connectivity index (χ1n) is 6.46. The summed E-state index contributed by atoms with van der Waals surface area (Å²) in [5, 5.41) is 13.9. The smallest absolute Gasteiger partial charge is 0.295 e. The second-order valence-corrected chi connectivity index (χ2v) is 4.97. The van der Waals surface area contributed by atoms with Gasteiger partial charge < -0.3 is 10.2 Å². The zero-order chi connectivity index (χ0) is 13.8. The molecule has 0 aliphatic carbocycles. The van der Waals surface area contributed by atoms with Crippen LogP contribution in [0.3, 0.4) is 0 Å². The molecule has 1 unspecified atom stereocenters. The molecule has 0 amide bonds. The van der Waals surface area contributed by atoms with Gasteiger partial charge in [0, 0.05) is 12.1 Å². The van der Waals surface area contributed by atoms with E-state index in [1.54, 1.807) is 0 Å². The van der Waals surface area contributed by atoms with Crippen LogP contribution in [0.4, 0.5) is 15.8 Å². The average Bonchev–Trinajstić information content (AvgIpc) is 2.56. The van der Waals surface area contributed by atoms with Crippen LogP contribution < -0.4 is 5.32 Å².